The van der Waals surface area contributed by atoms with Gasteiger partial charge in [-0.25, -0.2) is 0 Å². The van der Waals surface area contributed by atoms with E-state index in [-0.39, 0.29) is 5.91 Å². The molecular weight excluding hydrogens is 230 g/mol. The predicted molar refractivity (Wildman–Crippen MR) is 72.5 cm³/mol. The van der Waals surface area contributed by atoms with Crippen LogP contribution < -0.4 is 0 Å². The largest absolute Gasteiger partial charge is 0.339 e. The van der Waals surface area contributed by atoms with Crippen LogP contribution in [0.4, 0.5) is 0 Å². The zero-order valence-corrected chi connectivity index (χ0v) is 11.3. The van der Waals surface area contributed by atoms with Crippen LogP contribution in [-0.4, -0.2) is 30.2 Å². The van der Waals surface area contributed by atoms with Crippen LogP contribution in [0, 0.1) is 5.92 Å². The lowest BCUT2D eigenvalue weighted by atomic mass is 9.98. The molecule has 2 rings (SSSR count). The van der Waals surface area contributed by atoms with Crippen LogP contribution in [-0.2, 0) is 0 Å². The number of amides is 1. The maximum absolute atomic E-state index is 12.2. The summed E-state index contributed by atoms with van der Waals surface area (Å²) in [5, 5.41) is 0. The highest BCUT2D eigenvalue weighted by Crippen LogP contribution is 2.20. The molecule has 0 aliphatic carbocycles. The van der Waals surface area contributed by atoms with E-state index in [4.69, 9.17) is 0 Å². The van der Waals surface area contributed by atoms with Crippen molar-refractivity contribution in [3.05, 3.63) is 29.8 Å². The molecule has 1 aliphatic rings. The number of nitrogens with zero attached hydrogens (tertiary/aromatic N) is 1. The standard InChI is InChI=1S/C14H19NOS/c1-11-7-9-15(10-8-11)14(16)12-3-5-13(17-2)6-4-12/h3-6,11H,7-10H2,1-2H3. The minimum atomic E-state index is 0.185. The van der Waals surface area contributed by atoms with E-state index in [2.05, 4.69) is 6.92 Å². The third-order valence-electron chi connectivity index (χ3n) is 3.41. The van der Waals surface area contributed by atoms with Crippen LogP contribution in [0.25, 0.3) is 0 Å². The minimum Gasteiger partial charge on any atom is -0.339 e. The number of piperidine rings is 1. The fraction of sp³-hybridized carbons (Fsp3) is 0.500. The van der Waals surface area contributed by atoms with E-state index in [9.17, 15) is 4.79 Å². The van der Waals surface area contributed by atoms with E-state index >= 15 is 0 Å². The molecule has 92 valence electrons. The Morgan fingerprint density at radius 2 is 1.82 bits per heavy atom. The zero-order chi connectivity index (χ0) is 12.3. The van der Waals surface area contributed by atoms with Gasteiger partial charge in [-0.3, -0.25) is 4.79 Å². The number of rotatable bonds is 2. The summed E-state index contributed by atoms with van der Waals surface area (Å²) in [6.07, 6.45) is 4.31. The monoisotopic (exact) mass is 249 g/mol. The summed E-state index contributed by atoms with van der Waals surface area (Å²) in [5.41, 5.74) is 0.817. The van der Waals surface area contributed by atoms with Gasteiger partial charge in [-0.1, -0.05) is 6.92 Å². The van der Waals surface area contributed by atoms with E-state index in [0.717, 1.165) is 37.4 Å². The third kappa shape index (κ3) is 3.03. The molecule has 0 bridgehead atoms. The van der Waals surface area contributed by atoms with Gasteiger partial charge in [-0.2, -0.15) is 0 Å². The van der Waals surface area contributed by atoms with Gasteiger partial charge in [0.15, 0.2) is 0 Å². The number of hydrogen-bond donors (Lipinski definition) is 0. The van der Waals surface area contributed by atoms with Crippen molar-refractivity contribution in [1.29, 1.82) is 0 Å². The van der Waals surface area contributed by atoms with Crippen molar-refractivity contribution in [2.45, 2.75) is 24.7 Å². The topological polar surface area (TPSA) is 20.3 Å². The highest BCUT2D eigenvalue weighted by molar-refractivity contribution is 7.98. The molecule has 1 amide bonds. The van der Waals surface area contributed by atoms with E-state index in [0.29, 0.717) is 0 Å². The third-order valence-corrected chi connectivity index (χ3v) is 4.15. The normalized spacial score (nSPS) is 17.2. The van der Waals surface area contributed by atoms with Gasteiger partial charge < -0.3 is 4.90 Å². The molecule has 1 heterocycles. The number of carbonyl (C=O) groups is 1. The van der Waals surface area contributed by atoms with Crippen molar-refractivity contribution in [1.82, 2.24) is 4.90 Å². The Bertz CT molecular complexity index is 380. The fourth-order valence-electron chi connectivity index (χ4n) is 2.13. The fourth-order valence-corrected chi connectivity index (χ4v) is 2.54. The zero-order valence-electron chi connectivity index (χ0n) is 10.5. The first-order valence-corrected chi connectivity index (χ1v) is 7.36. The van der Waals surface area contributed by atoms with Crippen LogP contribution in [0.5, 0.6) is 0 Å². The van der Waals surface area contributed by atoms with Gasteiger partial charge in [0.1, 0.15) is 0 Å². The molecule has 0 N–H and O–H groups in total. The summed E-state index contributed by atoms with van der Waals surface area (Å²) in [6, 6.07) is 7.91. The first-order chi connectivity index (χ1) is 8.20. The van der Waals surface area contributed by atoms with E-state index in [1.165, 1.54) is 4.90 Å². The number of likely N-dealkylation sites (tertiary alicyclic amines) is 1. The number of hydrogen-bond acceptors (Lipinski definition) is 2. The van der Waals surface area contributed by atoms with Crippen LogP contribution >= 0.6 is 11.8 Å². The molecule has 2 nitrogen and oxygen atoms in total. The average Bonchev–Trinajstić information content (AvgIpc) is 2.39. The summed E-state index contributed by atoms with van der Waals surface area (Å²) in [4.78, 5) is 15.4. The Morgan fingerprint density at radius 3 is 2.35 bits per heavy atom. The summed E-state index contributed by atoms with van der Waals surface area (Å²) >= 11 is 1.70. The Labute approximate surface area is 107 Å². The molecule has 0 saturated carbocycles. The number of carbonyl (C=O) groups excluding carboxylic acids is 1. The van der Waals surface area contributed by atoms with Gasteiger partial charge in [0, 0.05) is 23.5 Å². The Morgan fingerprint density at radius 1 is 1.24 bits per heavy atom. The Kier molecular flexibility index (Phi) is 4.11. The van der Waals surface area contributed by atoms with Crippen LogP contribution in [0.2, 0.25) is 0 Å². The lowest BCUT2D eigenvalue weighted by Gasteiger charge is -2.30. The molecule has 1 aliphatic heterocycles. The maximum atomic E-state index is 12.2. The Hall–Kier alpha value is -0.960. The SMILES string of the molecule is CSc1ccc(C(=O)N2CCC(C)CC2)cc1. The summed E-state index contributed by atoms with van der Waals surface area (Å²) < 4.78 is 0. The van der Waals surface area contributed by atoms with Gasteiger partial charge in [0.2, 0.25) is 0 Å². The quantitative estimate of drug-likeness (QED) is 0.750. The molecule has 0 atom stereocenters. The smallest absolute Gasteiger partial charge is 0.253 e. The highest BCUT2D eigenvalue weighted by atomic mass is 32.2. The number of thioether (sulfide) groups is 1. The van der Waals surface area contributed by atoms with Crippen molar-refractivity contribution in [3.8, 4) is 0 Å². The molecule has 1 fully saturated rings. The lowest BCUT2D eigenvalue weighted by molar-refractivity contribution is 0.0697. The van der Waals surface area contributed by atoms with Gasteiger partial charge in [-0.15, -0.1) is 11.8 Å². The minimum absolute atomic E-state index is 0.185. The van der Waals surface area contributed by atoms with Crippen molar-refractivity contribution in [2.75, 3.05) is 19.3 Å². The van der Waals surface area contributed by atoms with Gasteiger partial charge in [0.05, 0.1) is 0 Å². The van der Waals surface area contributed by atoms with Crippen molar-refractivity contribution in [3.63, 3.8) is 0 Å². The maximum Gasteiger partial charge on any atom is 0.253 e. The van der Waals surface area contributed by atoms with Crippen LogP contribution in [0.1, 0.15) is 30.1 Å². The molecule has 1 aromatic rings. The summed E-state index contributed by atoms with van der Waals surface area (Å²) in [6.45, 7) is 4.07. The van der Waals surface area contributed by atoms with Crippen molar-refractivity contribution < 1.29 is 4.79 Å². The lowest BCUT2D eigenvalue weighted by Crippen LogP contribution is -2.37. The average molecular weight is 249 g/mol. The van der Waals surface area contributed by atoms with E-state index < -0.39 is 0 Å². The van der Waals surface area contributed by atoms with Crippen molar-refractivity contribution in [2.24, 2.45) is 5.92 Å². The molecular formula is C14H19NOS. The van der Waals surface area contributed by atoms with Crippen LogP contribution in [0.15, 0.2) is 29.2 Å². The molecule has 1 aromatic carbocycles. The summed E-state index contributed by atoms with van der Waals surface area (Å²) in [7, 11) is 0. The molecule has 0 radical (unpaired) electrons. The molecule has 3 heteroatoms. The highest BCUT2D eigenvalue weighted by Gasteiger charge is 2.21. The first kappa shape index (κ1) is 12.5. The molecule has 17 heavy (non-hydrogen) atoms. The predicted octanol–water partition coefficient (Wildman–Crippen LogP) is 3.28. The van der Waals surface area contributed by atoms with Crippen LogP contribution in [0.3, 0.4) is 0 Å². The molecule has 0 unspecified atom stereocenters. The molecule has 0 spiro atoms. The first-order valence-electron chi connectivity index (χ1n) is 6.14. The molecule has 1 saturated heterocycles. The van der Waals surface area contributed by atoms with Crippen molar-refractivity contribution >= 4 is 17.7 Å². The number of benzene rings is 1. The van der Waals surface area contributed by atoms with Gasteiger partial charge in [-0.05, 0) is 49.3 Å². The summed E-state index contributed by atoms with van der Waals surface area (Å²) in [5.74, 6) is 0.947. The van der Waals surface area contributed by atoms with Gasteiger partial charge >= 0.3 is 0 Å². The second-order valence-corrected chi connectivity index (χ2v) is 5.58. The van der Waals surface area contributed by atoms with Gasteiger partial charge in [0.25, 0.3) is 5.91 Å². The second-order valence-electron chi connectivity index (χ2n) is 4.70. The van der Waals surface area contributed by atoms with E-state index in [1.54, 1.807) is 11.8 Å². The van der Waals surface area contributed by atoms with E-state index in [1.807, 2.05) is 35.4 Å². The molecule has 0 aromatic heterocycles. The Balaban J connectivity index is 2.03. The second kappa shape index (κ2) is 5.58.